The molecule has 0 saturated heterocycles. The Morgan fingerprint density at radius 1 is 0.929 bits per heavy atom. The Bertz CT molecular complexity index is 952. The van der Waals surface area contributed by atoms with E-state index in [0.717, 1.165) is 0 Å². The number of rotatable bonds is 7. The molecule has 0 bridgehead atoms. The molecule has 28 heavy (non-hydrogen) atoms. The van der Waals surface area contributed by atoms with Crippen LogP contribution in [0.5, 0.6) is 5.75 Å². The van der Waals surface area contributed by atoms with Crippen molar-refractivity contribution in [2.24, 2.45) is 5.92 Å². The van der Waals surface area contributed by atoms with E-state index in [1.165, 1.54) is 11.3 Å². The first kappa shape index (κ1) is 19.6. The van der Waals surface area contributed by atoms with E-state index in [2.05, 4.69) is 24.5 Å². The fraction of sp³-hybridized carbons (Fsp3) is 0.182. The highest BCUT2D eigenvalue weighted by Gasteiger charge is 2.10. The zero-order valence-electron chi connectivity index (χ0n) is 15.8. The molecule has 5 nitrogen and oxygen atoms in total. The van der Waals surface area contributed by atoms with Gasteiger partial charge in [-0.15, -0.1) is 11.3 Å². The SMILES string of the molecule is CC(C)COc1cccc(C(=O)Nc2cccc(NC(=O)c3cccs3)c2)c1. The maximum Gasteiger partial charge on any atom is 0.265 e. The first-order valence-corrected chi connectivity index (χ1v) is 9.88. The molecule has 0 unspecified atom stereocenters. The number of benzene rings is 2. The summed E-state index contributed by atoms with van der Waals surface area (Å²) in [6, 6.07) is 17.7. The van der Waals surface area contributed by atoms with Crippen LogP contribution in [0.4, 0.5) is 11.4 Å². The molecule has 144 valence electrons. The van der Waals surface area contributed by atoms with E-state index in [1.54, 1.807) is 48.5 Å². The maximum atomic E-state index is 12.6. The molecule has 2 amide bonds. The van der Waals surface area contributed by atoms with E-state index in [1.807, 2.05) is 17.5 Å². The molecule has 0 saturated carbocycles. The number of amides is 2. The Hall–Kier alpha value is -3.12. The van der Waals surface area contributed by atoms with E-state index in [0.29, 0.717) is 40.1 Å². The van der Waals surface area contributed by atoms with Gasteiger partial charge in [0.2, 0.25) is 0 Å². The van der Waals surface area contributed by atoms with Crippen molar-refractivity contribution in [2.75, 3.05) is 17.2 Å². The molecule has 1 heterocycles. The van der Waals surface area contributed by atoms with E-state index < -0.39 is 0 Å². The van der Waals surface area contributed by atoms with Crippen molar-refractivity contribution in [3.05, 3.63) is 76.5 Å². The van der Waals surface area contributed by atoms with Gasteiger partial charge < -0.3 is 15.4 Å². The van der Waals surface area contributed by atoms with Crippen LogP contribution in [0, 0.1) is 5.92 Å². The van der Waals surface area contributed by atoms with Crippen LogP contribution in [-0.2, 0) is 0 Å². The topological polar surface area (TPSA) is 67.4 Å². The van der Waals surface area contributed by atoms with E-state index in [9.17, 15) is 9.59 Å². The van der Waals surface area contributed by atoms with Gasteiger partial charge in [-0.3, -0.25) is 9.59 Å². The molecular formula is C22H22N2O3S. The van der Waals surface area contributed by atoms with Gasteiger partial charge in [0.25, 0.3) is 11.8 Å². The fourth-order valence-corrected chi connectivity index (χ4v) is 3.09. The summed E-state index contributed by atoms with van der Waals surface area (Å²) in [6.07, 6.45) is 0. The van der Waals surface area contributed by atoms with Crippen LogP contribution in [0.25, 0.3) is 0 Å². The smallest absolute Gasteiger partial charge is 0.265 e. The lowest BCUT2D eigenvalue weighted by Gasteiger charge is -2.11. The Kier molecular flexibility index (Phi) is 6.45. The average Bonchev–Trinajstić information content (AvgIpc) is 3.22. The minimum Gasteiger partial charge on any atom is -0.493 e. The summed E-state index contributed by atoms with van der Waals surface area (Å²) in [7, 11) is 0. The molecule has 0 radical (unpaired) electrons. The molecule has 6 heteroatoms. The molecule has 0 aliphatic rings. The number of carbonyl (C=O) groups is 2. The Balaban J connectivity index is 1.66. The van der Waals surface area contributed by atoms with Gasteiger partial charge in [0.1, 0.15) is 5.75 Å². The van der Waals surface area contributed by atoms with Crippen LogP contribution in [-0.4, -0.2) is 18.4 Å². The lowest BCUT2D eigenvalue weighted by molar-refractivity contribution is 0.102. The predicted octanol–water partition coefficient (Wildman–Crippen LogP) is 5.29. The van der Waals surface area contributed by atoms with E-state index in [4.69, 9.17) is 4.74 Å². The summed E-state index contributed by atoms with van der Waals surface area (Å²) in [4.78, 5) is 25.4. The number of ether oxygens (including phenoxy) is 1. The second kappa shape index (κ2) is 9.19. The summed E-state index contributed by atoms with van der Waals surface area (Å²) >= 11 is 1.38. The quantitative estimate of drug-likeness (QED) is 0.572. The van der Waals surface area contributed by atoms with Gasteiger partial charge in [-0.25, -0.2) is 0 Å². The van der Waals surface area contributed by atoms with E-state index in [-0.39, 0.29) is 11.8 Å². The minimum absolute atomic E-state index is 0.173. The van der Waals surface area contributed by atoms with Crippen molar-refractivity contribution in [3.63, 3.8) is 0 Å². The average molecular weight is 394 g/mol. The summed E-state index contributed by atoms with van der Waals surface area (Å²) in [5, 5.41) is 7.54. The van der Waals surface area contributed by atoms with Crippen LogP contribution >= 0.6 is 11.3 Å². The van der Waals surface area contributed by atoms with Crippen LogP contribution in [0.2, 0.25) is 0 Å². The summed E-state index contributed by atoms with van der Waals surface area (Å²) in [5.41, 5.74) is 1.72. The van der Waals surface area contributed by atoms with Crippen molar-refractivity contribution >= 4 is 34.5 Å². The van der Waals surface area contributed by atoms with Crippen molar-refractivity contribution in [1.82, 2.24) is 0 Å². The number of nitrogens with one attached hydrogen (secondary N) is 2. The van der Waals surface area contributed by atoms with Gasteiger partial charge in [0.05, 0.1) is 11.5 Å². The molecule has 0 fully saturated rings. The number of hydrogen-bond donors (Lipinski definition) is 2. The number of thiophene rings is 1. The maximum absolute atomic E-state index is 12.6. The lowest BCUT2D eigenvalue weighted by Crippen LogP contribution is -2.13. The van der Waals surface area contributed by atoms with Crippen LogP contribution in [0.15, 0.2) is 66.0 Å². The van der Waals surface area contributed by atoms with Gasteiger partial charge in [-0.2, -0.15) is 0 Å². The summed E-state index contributed by atoms with van der Waals surface area (Å²) < 4.78 is 5.68. The van der Waals surface area contributed by atoms with Crippen LogP contribution in [0.3, 0.4) is 0 Å². The van der Waals surface area contributed by atoms with Gasteiger partial charge in [0, 0.05) is 16.9 Å². The molecule has 3 rings (SSSR count). The first-order chi connectivity index (χ1) is 13.5. The van der Waals surface area contributed by atoms with Crippen molar-refractivity contribution in [3.8, 4) is 5.75 Å². The zero-order chi connectivity index (χ0) is 19.9. The Morgan fingerprint density at radius 2 is 1.64 bits per heavy atom. The molecule has 2 aromatic carbocycles. The zero-order valence-corrected chi connectivity index (χ0v) is 16.6. The fourth-order valence-electron chi connectivity index (χ4n) is 2.47. The summed E-state index contributed by atoms with van der Waals surface area (Å²) in [5.74, 6) is 0.660. The third kappa shape index (κ3) is 5.44. The van der Waals surface area contributed by atoms with Gasteiger partial charge in [-0.05, 0) is 53.8 Å². The number of hydrogen-bond acceptors (Lipinski definition) is 4. The molecule has 2 N–H and O–H groups in total. The van der Waals surface area contributed by atoms with Crippen LogP contribution in [0.1, 0.15) is 33.9 Å². The van der Waals surface area contributed by atoms with Crippen molar-refractivity contribution in [2.45, 2.75) is 13.8 Å². The molecule has 0 spiro atoms. The third-order valence-electron chi connectivity index (χ3n) is 3.80. The Morgan fingerprint density at radius 3 is 2.32 bits per heavy atom. The van der Waals surface area contributed by atoms with Gasteiger partial charge in [-0.1, -0.05) is 32.0 Å². The largest absolute Gasteiger partial charge is 0.493 e. The molecule has 1 aromatic heterocycles. The van der Waals surface area contributed by atoms with Crippen molar-refractivity contribution < 1.29 is 14.3 Å². The minimum atomic E-state index is -0.239. The number of carbonyl (C=O) groups excluding carboxylic acids is 2. The summed E-state index contributed by atoms with van der Waals surface area (Å²) in [6.45, 7) is 4.73. The van der Waals surface area contributed by atoms with Crippen molar-refractivity contribution in [1.29, 1.82) is 0 Å². The molecule has 3 aromatic rings. The number of anilines is 2. The second-order valence-corrected chi connectivity index (χ2v) is 7.65. The van der Waals surface area contributed by atoms with Gasteiger partial charge in [0.15, 0.2) is 0 Å². The molecule has 0 aliphatic heterocycles. The predicted molar refractivity (Wildman–Crippen MR) is 113 cm³/mol. The Labute approximate surface area is 168 Å². The molecule has 0 atom stereocenters. The highest BCUT2D eigenvalue weighted by Crippen LogP contribution is 2.20. The monoisotopic (exact) mass is 394 g/mol. The van der Waals surface area contributed by atoms with Gasteiger partial charge >= 0.3 is 0 Å². The molecular weight excluding hydrogens is 372 g/mol. The van der Waals surface area contributed by atoms with E-state index >= 15 is 0 Å². The highest BCUT2D eigenvalue weighted by atomic mass is 32.1. The molecule has 0 aliphatic carbocycles. The normalized spacial score (nSPS) is 10.5. The van der Waals surface area contributed by atoms with Crippen LogP contribution < -0.4 is 15.4 Å². The highest BCUT2D eigenvalue weighted by molar-refractivity contribution is 7.12. The first-order valence-electron chi connectivity index (χ1n) is 9.00. The third-order valence-corrected chi connectivity index (χ3v) is 4.67. The standard InChI is InChI=1S/C22H22N2O3S/c1-15(2)14-27-19-9-3-6-16(12-19)21(25)23-17-7-4-8-18(13-17)24-22(26)20-10-5-11-28-20/h3-13,15H,14H2,1-2H3,(H,23,25)(H,24,26). The lowest BCUT2D eigenvalue weighted by atomic mass is 10.2. The second-order valence-electron chi connectivity index (χ2n) is 6.70.